The van der Waals surface area contributed by atoms with Gasteiger partial charge in [0.05, 0.1) is 17.4 Å². The van der Waals surface area contributed by atoms with Gasteiger partial charge in [0, 0.05) is 6.20 Å². The number of aromatic nitrogens is 3. The number of rotatable bonds is 2. The molecule has 0 fully saturated rings. The maximum atomic E-state index is 11.9. The van der Waals surface area contributed by atoms with Gasteiger partial charge < -0.3 is 11.1 Å². The summed E-state index contributed by atoms with van der Waals surface area (Å²) in [6.45, 7) is 0. The second-order valence-corrected chi connectivity index (χ2v) is 3.97. The van der Waals surface area contributed by atoms with Crippen molar-refractivity contribution in [1.82, 2.24) is 15.0 Å². The van der Waals surface area contributed by atoms with Crippen molar-refractivity contribution >= 4 is 40.6 Å². The third kappa shape index (κ3) is 2.85. The van der Waals surface area contributed by atoms with Gasteiger partial charge in [0.1, 0.15) is 11.0 Å². The van der Waals surface area contributed by atoms with E-state index < -0.39 is 5.91 Å². The van der Waals surface area contributed by atoms with Crippen LogP contribution in [0.2, 0.25) is 10.4 Å². The molecule has 0 saturated heterocycles. The van der Waals surface area contributed by atoms with Gasteiger partial charge in [-0.1, -0.05) is 11.6 Å². The molecule has 0 saturated carbocycles. The molecular formula is C10H7Cl2N5O. The molecular weight excluding hydrogens is 277 g/mol. The zero-order valence-corrected chi connectivity index (χ0v) is 10.4. The van der Waals surface area contributed by atoms with Crippen molar-refractivity contribution in [3.63, 3.8) is 0 Å². The van der Waals surface area contributed by atoms with Crippen LogP contribution in [-0.2, 0) is 0 Å². The largest absolute Gasteiger partial charge is 0.397 e. The number of carbonyl (C=O) groups is 1. The molecule has 0 spiro atoms. The van der Waals surface area contributed by atoms with Crippen LogP contribution < -0.4 is 11.1 Å². The zero-order valence-electron chi connectivity index (χ0n) is 8.89. The Morgan fingerprint density at radius 2 is 2.11 bits per heavy atom. The lowest BCUT2D eigenvalue weighted by atomic mass is 10.2. The van der Waals surface area contributed by atoms with Gasteiger partial charge in [-0.2, -0.15) is 0 Å². The average molecular weight is 284 g/mol. The van der Waals surface area contributed by atoms with E-state index in [1.165, 1.54) is 24.5 Å². The standard InChI is InChI=1S/C10H7Cl2N5O/c11-8-6(3-5(13)4-15-8)9(18)16-7-1-2-14-10(12)17-7/h1-4H,13H2,(H,14,16,17,18). The SMILES string of the molecule is Nc1cnc(Cl)c(C(=O)Nc2ccnc(Cl)n2)c1. The molecule has 0 radical (unpaired) electrons. The molecule has 0 aliphatic carbocycles. The molecule has 1 amide bonds. The molecule has 0 aliphatic heterocycles. The predicted molar refractivity (Wildman–Crippen MR) is 68.7 cm³/mol. The van der Waals surface area contributed by atoms with Crippen LogP contribution in [0.4, 0.5) is 11.5 Å². The molecule has 2 rings (SSSR count). The van der Waals surface area contributed by atoms with Crippen LogP contribution in [0.3, 0.4) is 0 Å². The number of pyridine rings is 1. The lowest BCUT2D eigenvalue weighted by Gasteiger charge is -2.06. The number of nitrogens with zero attached hydrogens (tertiary/aromatic N) is 3. The average Bonchev–Trinajstić information content (AvgIpc) is 2.32. The smallest absolute Gasteiger partial charge is 0.260 e. The lowest BCUT2D eigenvalue weighted by Crippen LogP contribution is -2.14. The Balaban J connectivity index is 2.24. The van der Waals surface area contributed by atoms with Crippen molar-refractivity contribution < 1.29 is 4.79 Å². The molecule has 0 aromatic carbocycles. The van der Waals surface area contributed by atoms with Gasteiger partial charge in [0.2, 0.25) is 5.28 Å². The predicted octanol–water partition coefficient (Wildman–Crippen LogP) is 2.01. The first-order valence-electron chi connectivity index (χ1n) is 4.77. The minimum absolute atomic E-state index is 0.0320. The molecule has 8 heteroatoms. The molecule has 92 valence electrons. The highest BCUT2D eigenvalue weighted by molar-refractivity contribution is 6.33. The number of nitrogens with one attached hydrogen (secondary N) is 1. The van der Waals surface area contributed by atoms with Crippen LogP contribution in [-0.4, -0.2) is 20.9 Å². The van der Waals surface area contributed by atoms with Crippen LogP contribution >= 0.6 is 23.2 Å². The number of carbonyl (C=O) groups excluding carboxylic acids is 1. The van der Waals surface area contributed by atoms with E-state index in [-0.39, 0.29) is 21.8 Å². The van der Waals surface area contributed by atoms with E-state index in [1.807, 2.05) is 0 Å². The van der Waals surface area contributed by atoms with Crippen molar-refractivity contribution in [3.8, 4) is 0 Å². The molecule has 0 aliphatic rings. The van der Waals surface area contributed by atoms with Crippen molar-refractivity contribution in [1.29, 1.82) is 0 Å². The fourth-order valence-corrected chi connectivity index (χ4v) is 1.55. The summed E-state index contributed by atoms with van der Waals surface area (Å²) in [5.74, 6) is -0.215. The van der Waals surface area contributed by atoms with E-state index in [1.54, 1.807) is 0 Å². The first kappa shape index (κ1) is 12.5. The quantitative estimate of drug-likeness (QED) is 0.650. The fraction of sp³-hybridized carbons (Fsp3) is 0. The first-order chi connectivity index (χ1) is 8.56. The van der Waals surface area contributed by atoms with E-state index in [0.717, 1.165) is 0 Å². The van der Waals surface area contributed by atoms with Gasteiger partial charge in [0.15, 0.2) is 0 Å². The Labute approximate surface area is 112 Å². The Bertz CT molecular complexity index is 605. The second-order valence-electron chi connectivity index (χ2n) is 3.27. The summed E-state index contributed by atoms with van der Waals surface area (Å²) in [7, 11) is 0. The molecule has 0 unspecified atom stereocenters. The summed E-state index contributed by atoms with van der Waals surface area (Å²) in [5.41, 5.74) is 6.03. The maximum absolute atomic E-state index is 11.9. The van der Waals surface area contributed by atoms with Gasteiger partial charge in [0.25, 0.3) is 5.91 Å². The van der Waals surface area contributed by atoms with E-state index in [2.05, 4.69) is 20.3 Å². The fourth-order valence-electron chi connectivity index (χ4n) is 1.21. The molecule has 6 nitrogen and oxygen atoms in total. The van der Waals surface area contributed by atoms with Gasteiger partial charge in [-0.25, -0.2) is 15.0 Å². The Morgan fingerprint density at radius 1 is 1.33 bits per heavy atom. The van der Waals surface area contributed by atoms with Crippen molar-refractivity contribution in [3.05, 3.63) is 40.5 Å². The van der Waals surface area contributed by atoms with E-state index in [0.29, 0.717) is 5.69 Å². The Morgan fingerprint density at radius 3 is 2.83 bits per heavy atom. The van der Waals surface area contributed by atoms with Crippen LogP contribution in [0.1, 0.15) is 10.4 Å². The van der Waals surface area contributed by atoms with Gasteiger partial charge >= 0.3 is 0 Å². The Kier molecular flexibility index (Phi) is 3.59. The van der Waals surface area contributed by atoms with Gasteiger partial charge in [-0.15, -0.1) is 0 Å². The minimum Gasteiger partial charge on any atom is -0.397 e. The normalized spacial score (nSPS) is 10.1. The summed E-state index contributed by atoms with van der Waals surface area (Å²) in [6.07, 6.45) is 2.78. The van der Waals surface area contributed by atoms with Crippen molar-refractivity contribution in [2.45, 2.75) is 0 Å². The third-order valence-electron chi connectivity index (χ3n) is 1.97. The van der Waals surface area contributed by atoms with Crippen molar-refractivity contribution in [2.75, 3.05) is 11.1 Å². The Hall–Kier alpha value is -1.92. The summed E-state index contributed by atoms with van der Waals surface area (Å²) in [6, 6.07) is 2.92. The van der Waals surface area contributed by atoms with E-state index in [4.69, 9.17) is 28.9 Å². The number of hydrogen-bond donors (Lipinski definition) is 2. The highest BCUT2D eigenvalue weighted by Crippen LogP contribution is 2.17. The number of amides is 1. The summed E-state index contributed by atoms with van der Waals surface area (Å²) < 4.78 is 0. The van der Waals surface area contributed by atoms with Crippen LogP contribution in [0, 0.1) is 0 Å². The highest BCUT2D eigenvalue weighted by atomic mass is 35.5. The minimum atomic E-state index is -0.477. The van der Waals surface area contributed by atoms with Gasteiger partial charge in [-0.05, 0) is 23.7 Å². The van der Waals surface area contributed by atoms with E-state index in [9.17, 15) is 4.79 Å². The third-order valence-corrected chi connectivity index (χ3v) is 2.46. The number of anilines is 2. The molecule has 2 aromatic heterocycles. The monoisotopic (exact) mass is 283 g/mol. The summed E-state index contributed by atoms with van der Waals surface area (Å²) >= 11 is 11.4. The molecule has 2 aromatic rings. The second kappa shape index (κ2) is 5.16. The maximum Gasteiger partial charge on any atom is 0.260 e. The zero-order chi connectivity index (χ0) is 13.1. The summed E-state index contributed by atoms with van der Waals surface area (Å²) in [4.78, 5) is 23.2. The molecule has 0 bridgehead atoms. The number of nitrogens with two attached hydrogens (primary N) is 1. The van der Waals surface area contributed by atoms with Crippen LogP contribution in [0.25, 0.3) is 0 Å². The summed E-state index contributed by atoms with van der Waals surface area (Å²) in [5, 5.41) is 2.60. The lowest BCUT2D eigenvalue weighted by molar-refractivity contribution is 0.102. The van der Waals surface area contributed by atoms with Crippen LogP contribution in [0.15, 0.2) is 24.5 Å². The van der Waals surface area contributed by atoms with Crippen LogP contribution in [0.5, 0.6) is 0 Å². The molecule has 2 heterocycles. The van der Waals surface area contributed by atoms with E-state index >= 15 is 0 Å². The number of hydrogen-bond acceptors (Lipinski definition) is 5. The topological polar surface area (TPSA) is 93.8 Å². The van der Waals surface area contributed by atoms with Gasteiger partial charge in [-0.3, -0.25) is 4.79 Å². The van der Waals surface area contributed by atoms with Crippen molar-refractivity contribution in [2.24, 2.45) is 0 Å². The highest BCUT2D eigenvalue weighted by Gasteiger charge is 2.13. The first-order valence-corrected chi connectivity index (χ1v) is 5.53. The molecule has 0 atom stereocenters. The number of nitrogen functional groups attached to an aromatic ring is 1. The molecule has 3 N–H and O–H groups in total. The number of halogens is 2. The molecule has 18 heavy (non-hydrogen) atoms.